The second-order valence-electron chi connectivity index (χ2n) is 5.68. The van der Waals surface area contributed by atoms with Crippen molar-refractivity contribution in [2.24, 2.45) is 0 Å². The summed E-state index contributed by atoms with van der Waals surface area (Å²) < 4.78 is 5.51. The van der Waals surface area contributed by atoms with Crippen LogP contribution in [-0.4, -0.2) is 31.2 Å². The highest BCUT2D eigenvalue weighted by molar-refractivity contribution is 5.93. The van der Waals surface area contributed by atoms with Crippen LogP contribution in [0.25, 0.3) is 0 Å². The number of rotatable bonds is 7. The van der Waals surface area contributed by atoms with Gasteiger partial charge in [-0.05, 0) is 43.9 Å². The van der Waals surface area contributed by atoms with Crippen molar-refractivity contribution >= 4 is 23.3 Å². The molecule has 126 valence electrons. The number of carbonyl (C=O) groups is 2. The molecule has 0 aliphatic carbocycles. The van der Waals surface area contributed by atoms with E-state index in [1.165, 1.54) is 0 Å². The lowest BCUT2D eigenvalue weighted by molar-refractivity contribution is -0.116. The lowest BCUT2D eigenvalue weighted by atomic mass is 10.2. The highest BCUT2D eigenvalue weighted by atomic mass is 16.5. The number of carbonyl (C=O) groups excluding carboxylic acids is 2. The highest BCUT2D eigenvalue weighted by Gasteiger charge is 2.15. The van der Waals surface area contributed by atoms with Crippen LogP contribution >= 0.6 is 0 Å². The van der Waals surface area contributed by atoms with Gasteiger partial charge in [0.05, 0.1) is 6.10 Å². The summed E-state index contributed by atoms with van der Waals surface area (Å²) in [6.45, 7) is 3.37. The Kier molecular flexibility index (Phi) is 6.87. The van der Waals surface area contributed by atoms with E-state index in [0.29, 0.717) is 24.3 Å². The minimum absolute atomic E-state index is 0.0225. The summed E-state index contributed by atoms with van der Waals surface area (Å²) in [4.78, 5) is 23.5. The maximum absolute atomic E-state index is 11.9. The molecule has 0 bridgehead atoms. The van der Waals surface area contributed by atoms with Gasteiger partial charge in [-0.2, -0.15) is 0 Å². The Morgan fingerprint density at radius 1 is 1.26 bits per heavy atom. The van der Waals surface area contributed by atoms with Gasteiger partial charge in [-0.1, -0.05) is 13.0 Å². The minimum atomic E-state index is -0.250. The first-order valence-corrected chi connectivity index (χ1v) is 8.23. The molecule has 3 amide bonds. The van der Waals surface area contributed by atoms with Gasteiger partial charge in [-0.3, -0.25) is 4.79 Å². The second kappa shape index (κ2) is 9.15. The van der Waals surface area contributed by atoms with E-state index in [4.69, 9.17) is 4.74 Å². The Hall–Kier alpha value is -2.08. The van der Waals surface area contributed by atoms with Crippen molar-refractivity contribution < 1.29 is 14.3 Å². The van der Waals surface area contributed by atoms with E-state index in [2.05, 4.69) is 16.0 Å². The van der Waals surface area contributed by atoms with E-state index >= 15 is 0 Å². The molecule has 23 heavy (non-hydrogen) atoms. The number of amides is 3. The average Bonchev–Trinajstić information content (AvgIpc) is 3.01. The number of anilines is 2. The number of hydrogen-bond donors (Lipinski definition) is 3. The average molecular weight is 319 g/mol. The molecule has 6 heteroatoms. The van der Waals surface area contributed by atoms with Crippen LogP contribution in [0.2, 0.25) is 0 Å². The van der Waals surface area contributed by atoms with Crippen LogP contribution in [0.5, 0.6) is 0 Å². The molecular formula is C17H25N3O3. The number of nitrogens with one attached hydrogen (secondary N) is 3. The fourth-order valence-electron chi connectivity index (χ4n) is 2.52. The zero-order valence-electron chi connectivity index (χ0n) is 13.6. The molecule has 2 rings (SSSR count). The first-order valence-electron chi connectivity index (χ1n) is 8.23. The number of benzene rings is 1. The summed E-state index contributed by atoms with van der Waals surface area (Å²) in [6, 6.07) is 6.88. The fraction of sp³-hybridized carbons (Fsp3) is 0.529. The normalized spacial score (nSPS) is 16.8. The Labute approximate surface area is 137 Å². The Morgan fingerprint density at radius 3 is 2.74 bits per heavy atom. The maximum atomic E-state index is 11.9. The van der Waals surface area contributed by atoms with E-state index in [1.807, 2.05) is 6.92 Å². The molecular weight excluding hydrogens is 294 g/mol. The second-order valence-corrected chi connectivity index (χ2v) is 5.68. The molecule has 1 aromatic carbocycles. The molecule has 0 aromatic heterocycles. The lowest BCUT2D eigenvalue weighted by Gasteiger charge is -2.12. The highest BCUT2D eigenvalue weighted by Crippen LogP contribution is 2.16. The third-order valence-electron chi connectivity index (χ3n) is 3.66. The first kappa shape index (κ1) is 17.3. The van der Waals surface area contributed by atoms with E-state index < -0.39 is 0 Å². The van der Waals surface area contributed by atoms with Crippen LogP contribution in [0.1, 0.15) is 39.0 Å². The van der Waals surface area contributed by atoms with Crippen LogP contribution in [0.4, 0.5) is 16.2 Å². The predicted octanol–water partition coefficient (Wildman–Crippen LogP) is 3.12. The van der Waals surface area contributed by atoms with Crippen molar-refractivity contribution in [3.8, 4) is 0 Å². The molecule has 0 saturated carbocycles. The summed E-state index contributed by atoms with van der Waals surface area (Å²) in [5.41, 5.74) is 1.33. The third kappa shape index (κ3) is 6.28. The van der Waals surface area contributed by atoms with E-state index in [0.717, 1.165) is 32.3 Å². The summed E-state index contributed by atoms with van der Waals surface area (Å²) in [5.74, 6) is -0.0225. The van der Waals surface area contributed by atoms with Crippen molar-refractivity contribution in [2.75, 3.05) is 23.8 Å². The number of hydrogen-bond acceptors (Lipinski definition) is 3. The van der Waals surface area contributed by atoms with Gasteiger partial charge in [-0.25, -0.2) is 4.79 Å². The molecule has 1 atom stereocenters. The van der Waals surface area contributed by atoms with E-state index in [1.54, 1.807) is 24.3 Å². The summed E-state index contributed by atoms with van der Waals surface area (Å²) in [7, 11) is 0. The summed E-state index contributed by atoms with van der Waals surface area (Å²) >= 11 is 0. The van der Waals surface area contributed by atoms with Crippen LogP contribution in [0.15, 0.2) is 24.3 Å². The summed E-state index contributed by atoms with van der Waals surface area (Å²) in [5, 5.41) is 8.40. The fourth-order valence-corrected chi connectivity index (χ4v) is 2.52. The van der Waals surface area contributed by atoms with E-state index in [-0.39, 0.29) is 18.0 Å². The molecule has 1 unspecified atom stereocenters. The standard InChI is InChI=1S/C17H25N3O3/c1-2-5-16(21)19-13-6-3-7-14(12-13)20-17(22)18-10-9-15-8-4-11-23-15/h3,6-7,12,15H,2,4-5,8-11H2,1H3,(H,19,21)(H2,18,20,22). The molecule has 6 nitrogen and oxygen atoms in total. The Bertz CT molecular complexity index is 528. The van der Waals surface area contributed by atoms with Crippen LogP contribution in [0.3, 0.4) is 0 Å². The molecule has 1 saturated heterocycles. The topological polar surface area (TPSA) is 79.5 Å². The largest absolute Gasteiger partial charge is 0.378 e. The molecule has 1 aromatic rings. The Morgan fingerprint density at radius 2 is 2.04 bits per heavy atom. The molecule has 1 fully saturated rings. The van der Waals surface area contributed by atoms with E-state index in [9.17, 15) is 9.59 Å². The minimum Gasteiger partial charge on any atom is -0.378 e. The third-order valence-corrected chi connectivity index (χ3v) is 3.66. The van der Waals surface area contributed by atoms with Crippen molar-refractivity contribution in [3.05, 3.63) is 24.3 Å². The van der Waals surface area contributed by atoms with Crippen molar-refractivity contribution in [3.63, 3.8) is 0 Å². The SMILES string of the molecule is CCCC(=O)Nc1cccc(NC(=O)NCCC2CCCO2)c1. The van der Waals surface area contributed by atoms with Gasteiger partial charge in [0.15, 0.2) is 0 Å². The first-order chi connectivity index (χ1) is 11.2. The molecule has 3 N–H and O–H groups in total. The van der Waals surface area contributed by atoms with Gasteiger partial charge in [0.1, 0.15) is 0 Å². The smallest absolute Gasteiger partial charge is 0.319 e. The van der Waals surface area contributed by atoms with Crippen molar-refractivity contribution in [2.45, 2.75) is 45.1 Å². The maximum Gasteiger partial charge on any atom is 0.319 e. The molecule has 0 spiro atoms. The monoisotopic (exact) mass is 319 g/mol. The van der Waals surface area contributed by atoms with Crippen LogP contribution in [-0.2, 0) is 9.53 Å². The zero-order valence-corrected chi connectivity index (χ0v) is 13.6. The summed E-state index contributed by atoms with van der Waals surface area (Å²) in [6.07, 6.45) is 4.57. The van der Waals surface area contributed by atoms with Crippen LogP contribution < -0.4 is 16.0 Å². The van der Waals surface area contributed by atoms with Gasteiger partial charge >= 0.3 is 6.03 Å². The molecule has 1 aliphatic rings. The quantitative estimate of drug-likeness (QED) is 0.722. The van der Waals surface area contributed by atoms with Crippen molar-refractivity contribution in [1.29, 1.82) is 0 Å². The van der Waals surface area contributed by atoms with Gasteiger partial charge in [0, 0.05) is 30.9 Å². The Balaban J connectivity index is 1.75. The number of urea groups is 1. The zero-order chi connectivity index (χ0) is 16.5. The molecule has 1 aliphatic heterocycles. The van der Waals surface area contributed by atoms with Gasteiger partial charge in [0.25, 0.3) is 0 Å². The van der Waals surface area contributed by atoms with Gasteiger partial charge in [-0.15, -0.1) is 0 Å². The van der Waals surface area contributed by atoms with Crippen molar-refractivity contribution in [1.82, 2.24) is 5.32 Å². The molecule has 0 radical (unpaired) electrons. The predicted molar refractivity (Wildman–Crippen MR) is 90.6 cm³/mol. The lowest BCUT2D eigenvalue weighted by Crippen LogP contribution is -2.31. The van der Waals surface area contributed by atoms with Gasteiger partial charge in [0.2, 0.25) is 5.91 Å². The van der Waals surface area contributed by atoms with Crippen LogP contribution in [0, 0.1) is 0 Å². The number of ether oxygens (including phenoxy) is 1. The molecule has 1 heterocycles. The van der Waals surface area contributed by atoms with Gasteiger partial charge < -0.3 is 20.7 Å².